The molecule has 0 rings (SSSR count). The second-order valence-electron chi connectivity index (χ2n) is 27.3. The molecular formula is C82H148NO8+. The van der Waals surface area contributed by atoms with Crippen molar-refractivity contribution in [1.82, 2.24) is 0 Å². The Labute approximate surface area is 563 Å². The van der Waals surface area contributed by atoms with Crippen molar-refractivity contribution in [2.45, 2.75) is 373 Å². The summed E-state index contributed by atoms with van der Waals surface area (Å²) in [4.78, 5) is 37.7. The van der Waals surface area contributed by atoms with E-state index in [1.807, 2.05) is 21.1 Å². The number of ether oxygens (including phenoxy) is 4. The van der Waals surface area contributed by atoms with Crippen molar-refractivity contribution in [3.63, 3.8) is 0 Å². The van der Waals surface area contributed by atoms with E-state index in [1.54, 1.807) is 0 Å². The number of carboxylic acids is 1. The summed E-state index contributed by atoms with van der Waals surface area (Å²) in [7, 11) is 5.99. The van der Waals surface area contributed by atoms with Crippen LogP contribution in [-0.4, -0.2) is 87.4 Å². The van der Waals surface area contributed by atoms with Crippen LogP contribution in [0.3, 0.4) is 0 Å². The van der Waals surface area contributed by atoms with E-state index in [2.05, 4.69) is 98.9 Å². The van der Waals surface area contributed by atoms with Crippen LogP contribution >= 0.6 is 0 Å². The normalized spacial score (nSPS) is 13.1. The number of unbranched alkanes of at least 4 members (excludes halogenated alkanes) is 43. The van der Waals surface area contributed by atoms with Gasteiger partial charge < -0.3 is 28.5 Å². The van der Waals surface area contributed by atoms with Gasteiger partial charge in [-0.15, -0.1) is 0 Å². The molecule has 528 valence electrons. The van der Waals surface area contributed by atoms with Crippen LogP contribution in [0.2, 0.25) is 0 Å². The molecular weight excluding hydrogens is 1130 g/mol. The summed E-state index contributed by atoms with van der Waals surface area (Å²) in [6, 6.07) is 0. The lowest BCUT2D eigenvalue weighted by Gasteiger charge is -2.25. The van der Waals surface area contributed by atoms with Crippen molar-refractivity contribution in [2.24, 2.45) is 0 Å². The summed E-state index contributed by atoms with van der Waals surface area (Å²) in [5, 5.41) is 9.77. The first-order chi connectivity index (χ1) is 44.6. The Morgan fingerprint density at radius 2 is 0.626 bits per heavy atom. The number of quaternary nitrogens is 1. The number of esters is 2. The Morgan fingerprint density at radius 3 is 0.945 bits per heavy atom. The number of hydrogen-bond donors (Lipinski definition) is 1. The maximum atomic E-state index is 13.0. The number of nitrogens with zero attached hydrogens (tertiary/aromatic N) is 1. The van der Waals surface area contributed by atoms with E-state index in [0.29, 0.717) is 17.4 Å². The van der Waals surface area contributed by atoms with E-state index in [1.165, 1.54) is 257 Å². The highest BCUT2D eigenvalue weighted by molar-refractivity contribution is 5.71. The van der Waals surface area contributed by atoms with Crippen molar-refractivity contribution in [3.8, 4) is 0 Å². The Bertz CT molecular complexity index is 1770. The van der Waals surface area contributed by atoms with Gasteiger partial charge in [-0.3, -0.25) is 9.59 Å². The van der Waals surface area contributed by atoms with Gasteiger partial charge in [-0.2, -0.15) is 0 Å². The average Bonchev–Trinajstić information content (AvgIpc) is 3.50. The first-order valence-electron chi connectivity index (χ1n) is 38.8. The zero-order chi connectivity index (χ0) is 66.1. The Balaban J connectivity index is 4.02. The van der Waals surface area contributed by atoms with Crippen LogP contribution in [0.15, 0.2) is 85.1 Å². The van der Waals surface area contributed by atoms with Gasteiger partial charge in [0.05, 0.1) is 34.4 Å². The van der Waals surface area contributed by atoms with Gasteiger partial charge in [-0.25, -0.2) is 4.79 Å². The van der Waals surface area contributed by atoms with Gasteiger partial charge >= 0.3 is 17.9 Å². The molecule has 0 aromatic carbocycles. The van der Waals surface area contributed by atoms with Gasteiger partial charge in [0.2, 0.25) is 0 Å². The van der Waals surface area contributed by atoms with Crippen molar-refractivity contribution >= 4 is 17.9 Å². The molecule has 0 aromatic heterocycles. The van der Waals surface area contributed by atoms with Crippen LogP contribution in [0.4, 0.5) is 0 Å². The molecule has 2 unspecified atom stereocenters. The minimum atomic E-state index is -1.51. The fourth-order valence-electron chi connectivity index (χ4n) is 11.3. The fourth-order valence-corrected chi connectivity index (χ4v) is 11.3. The number of carboxylic acid groups (broad SMARTS) is 1. The highest BCUT2D eigenvalue weighted by atomic mass is 16.7. The molecule has 0 saturated heterocycles. The second kappa shape index (κ2) is 72.3. The maximum Gasteiger partial charge on any atom is 0.361 e. The molecule has 0 aliphatic rings. The summed E-state index contributed by atoms with van der Waals surface area (Å²) < 4.78 is 23.0. The van der Waals surface area contributed by atoms with Gasteiger partial charge in [0, 0.05) is 12.8 Å². The fraction of sp³-hybridized carbons (Fsp3) is 0.793. The maximum absolute atomic E-state index is 13.0. The highest BCUT2D eigenvalue weighted by Gasteiger charge is 2.25. The van der Waals surface area contributed by atoms with E-state index in [9.17, 15) is 19.5 Å². The van der Waals surface area contributed by atoms with Crippen LogP contribution in [-0.2, 0) is 33.3 Å². The van der Waals surface area contributed by atoms with Crippen molar-refractivity contribution in [3.05, 3.63) is 85.1 Å². The predicted molar refractivity (Wildman–Crippen MR) is 392 cm³/mol. The molecule has 0 bridgehead atoms. The van der Waals surface area contributed by atoms with Crippen LogP contribution in [0.5, 0.6) is 0 Å². The van der Waals surface area contributed by atoms with E-state index in [0.717, 1.165) is 77.0 Å². The molecule has 0 aromatic rings. The molecule has 9 heteroatoms. The number of allylic oxidation sites excluding steroid dienone is 14. The average molecular weight is 1280 g/mol. The van der Waals surface area contributed by atoms with Crippen LogP contribution < -0.4 is 0 Å². The van der Waals surface area contributed by atoms with E-state index in [4.69, 9.17) is 18.9 Å². The molecule has 0 aliphatic carbocycles. The van der Waals surface area contributed by atoms with Crippen LogP contribution in [0.25, 0.3) is 0 Å². The zero-order valence-corrected chi connectivity index (χ0v) is 60.5. The Morgan fingerprint density at radius 1 is 0.341 bits per heavy atom. The van der Waals surface area contributed by atoms with E-state index in [-0.39, 0.29) is 38.2 Å². The molecule has 0 radical (unpaired) electrons. The summed E-state index contributed by atoms with van der Waals surface area (Å²) in [6.45, 7) is 4.82. The number of rotatable bonds is 72. The van der Waals surface area contributed by atoms with Crippen molar-refractivity contribution in [1.29, 1.82) is 0 Å². The number of carbonyl (C=O) groups is 3. The summed E-state index contributed by atoms with van der Waals surface area (Å²) in [6.07, 6.45) is 95.8. The molecule has 0 amide bonds. The molecule has 0 fully saturated rings. The van der Waals surface area contributed by atoms with Gasteiger partial charge in [-0.1, -0.05) is 343 Å². The first kappa shape index (κ1) is 87.5. The quantitative estimate of drug-likeness (QED) is 0.0211. The standard InChI is InChI=1S/C82H147NO8/c1-6-8-10-12-14-16-18-20-22-24-26-28-30-32-34-36-37-38-39-40-41-42-43-45-47-49-51-53-55-57-59-61-63-65-67-69-71-73-80(85)91-78(77-90-82(81(86)87)88-75-74-83(3,4)5)76-89-79(84)72-70-68-66-64-62-60-58-56-54-52-50-48-46-44-35-33-31-29-27-25-23-21-19-17-15-13-11-9-7-2/h8,10,14,16,20,22,25-28,32,34,37-38,78,82H,6-7,9,11-13,15,17-19,21,23-24,29-31,33,35-36,39-77H2,1-5H3/p+1/b10-8-,16-14-,22-20-,27-25-,28-26-,34-32-,38-37-. The highest BCUT2D eigenvalue weighted by Crippen LogP contribution is 2.19. The van der Waals surface area contributed by atoms with Crippen LogP contribution in [0.1, 0.15) is 361 Å². The number of aliphatic carboxylic acids is 1. The molecule has 0 heterocycles. The molecule has 91 heavy (non-hydrogen) atoms. The summed E-state index contributed by atoms with van der Waals surface area (Å²) in [5.74, 6) is -1.98. The molecule has 0 spiro atoms. The molecule has 1 N–H and O–H groups in total. The van der Waals surface area contributed by atoms with Gasteiger partial charge in [-0.05, 0) is 89.9 Å². The predicted octanol–water partition coefficient (Wildman–Crippen LogP) is 24.6. The van der Waals surface area contributed by atoms with Crippen molar-refractivity contribution < 1.29 is 42.9 Å². The third kappa shape index (κ3) is 73.7. The number of carbonyl (C=O) groups excluding carboxylic acids is 2. The van der Waals surface area contributed by atoms with Crippen molar-refractivity contribution in [2.75, 3.05) is 47.5 Å². The number of likely N-dealkylation sites (N-methyl/N-ethyl adjacent to an activating group) is 1. The Hall–Kier alpha value is -3.53. The first-order valence-corrected chi connectivity index (χ1v) is 38.8. The lowest BCUT2D eigenvalue weighted by Crippen LogP contribution is -2.40. The minimum Gasteiger partial charge on any atom is -0.477 e. The van der Waals surface area contributed by atoms with Gasteiger partial charge in [0.15, 0.2) is 6.10 Å². The number of hydrogen-bond acceptors (Lipinski definition) is 7. The second-order valence-corrected chi connectivity index (χ2v) is 27.3. The monoisotopic (exact) mass is 1280 g/mol. The largest absolute Gasteiger partial charge is 0.477 e. The SMILES string of the molecule is CC/C=C\C/C=C\C/C=C\C/C=C\C/C=C\C/C=C\CCCCCCCCCCCCCCCCCCCCC(=O)OC(COC(=O)CCCCCCCCCCCCCCCCCCC/C=C\CCCCCCCCCC)COC(OCC[N+](C)(C)C)C(=O)O. The summed E-state index contributed by atoms with van der Waals surface area (Å²) in [5.41, 5.74) is 0. The zero-order valence-electron chi connectivity index (χ0n) is 60.5. The molecule has 2 atom stereocenters. The third-order valence-electron chi connectivity index (χ3n) is 17.1. The smallest absolute Gasteiger partial charge is 0.361 e. The van der Waals surface area contributed by atoms with Gasteiger partial charge in [0.25, 0.3) is 6.29 Å². The molecule has 9 nitrogen and oxygen atoms in total. The topological polar surface area (TPSA) is 108 Å². The lowest BCUT2D eigenvalue weighted by atomic mass is 10.0. The molecule has 0 aliphatic heterocycles. The van der Waals surface area contributed by atoms with E-state index >= 15 is 0 Å². The third-order valence-corrected chi connectivity index (χ3v) is 17.1. The minimum absolute atomic E-state index is 0.179. The van der Waals surface area contributed by atoms with Crippen LogP contribution in [0, 0.1) is 0 Å². The summed E-state index contributed by atoms with van der Waals surface area (Å²) >= 11 is 0. The van der Waals surface area contributed by atoms with Gasteiger partial charge in [0.1, 0.15) is 13.2 Å². The van der Waals surface area contributed by atoms with E-state index < -0.39 is 18.4 Å². The lowest BCUT2D eigenvalue weighted by molar-refractivity contribution is -0.870. The Kier molecular flexibility index (Phi) is 69.5. The molecule has 0 saturated carbocycles.